The lowest BCUT2D eigenvalue weighted by Gasteiger charge is -2.16. The number of hydrogen-bond donors (Lipinski definition) is 1. The van der Waals surface area contributed by atoms with Gasteiger partial charge in [-0.1, -0.05) is 12.1 Å². The first-order valence-corrected chi connectivity index (χ1v) is 6.22. The van der Waals surface area contributed by atoms with Crippen molar-refractivity contribution in [2.45, 2.75) is 26.6 Å². The van der Waals surface area contributed by atoms with Crippen molar-refractivity contribution < 1.29 is 0 Å². The van der Waals surface area contributed by atoms with Gasteiger partial charge in [0.1, 0.15) is 0 Å². The van der Waals surface area contributed by atoms with Crippen molar-refractivity contribution in [3.63, 3.8) is 0 Å². The molecule has 0 unspecified atom stereocenters. The lowest BCUT2D eigenvalue weighted by Crippen LogP contribution is -2.16. The zero-order chi connectivity index (χ0) is 12.5. The van der Waals surface area contributed by atoms with Gasteiger partial charge >= 0.3 is 0 Å². The second-order valence-electron chi connectivity index (χ2n) is 4.93. The number of nitrogens with zero attached hydrogens (tertiary/aromatic N) is 2. The molecule has 0 radical (unpaired) electrons. The van der Waals surface area contributed by atoms with Gasteiger partial charge in [0.05, 0.1) is 0 Å². The van der Waals surface area contributed by atoms with Gasteiger partial charge in [-0.05, 0) is 41.3 Å². The molecule has 0 atom stereocenters. The van der Waals surface area contributed by atoms with E-state index in [1.54, 1.807) is 0 Å². The number of hydrogen-bond acceptors (Lipinski definition) is 3. The average molecular weight is 239 g/mol. The first-order chi connectivity index (χ1) is 8.74. The van der Waals surface area contributed by atoms with E-state index in [-0.39, 0.29) is 0 Å². The highest BCUT2D eigenvalue weighted by Gasteiger charge is 2.20. The highest BCUT2D eigenvalue weighted by Crippen LogP contribution is 2.28. The first-order valence-electron chi connectivity index (χ1n) is 6.22. The zero-order valence-corrected chi connectivity index (χ0v) is 10.6. The molecule has 92 valence electrons. The van der Waals surface area contributed by atoms with Crippen LogP contribution < -0.4 is 5.73 Å². The molecule has 1 aliphatic rings. The molecule has 1 aliphatic heterocycles. The van der Waals surface area contributed by atoms with E-state index in [1.807, 2.05) is 24.5 Å². The van der Waals surface area contributed by atoms with E-state index < -0.39 is 0 Å². The Bertz CT molecular complexity index is 578. The van der Waals surface area contributed by atoms with Gasteiger partial charge < -0.3 is 5.73 Å². The Balaban J connectivity index is 1.79. The highest BCUT2D eigenvalue weighted by molar-refractivity contribution is 5.52. The van der Waals surface area contributed by atoms with Gasteiger partial charge in [-0.3, -0.25) is 9.88 Å². The Morgan fingerprint density at radius 2 is 2.17 bits per heavy atom. The maximum absolute atomic E-state index is 6.02. The van der Waals surface area contributed by atoms with Crippen molar-refractivity contribution in [1.82, 2.24) is 9.88 Å². The summed E-state index contributed by atoms with van der Waals surface area (Å²) in [5.41, 5.74) is 12.2. The lowest BCUT2D eigenvalue weighted by atomic mass is 10.1. The molecule has 0 amide bonds. The number of pyridine rings is 1. The second-order valence-corrected chi connectivity index (χ2v) is 4.93. The van der Waals surface area contributed by atoms with Crippen LogP contribution in [0.15, 0.2) is 36.7 Å². The number of aromatic nitrogens is 1. The number of anilines is 1. The van der Waals surface area contributed by atoms with Crippen molar-refractivity contribution in [2.24, 2.45) is 0 Å². The van der Waals surface area contributed by atoms with Crippen molar-refractivity contribution >= 4 is 5.69 Å². The van der Waals surface area contributed by atoms with E-state index in [2.05, 4.69) is 28.9 Å². The number of aryl methyl sites for hydroxylation is 1. The number of fused-ring (bicyclic) bond motifs is 1. The fraction of sp³-hybridized carbons (Fsp3) is 0.267. The first kappa shape index (κ1) is 11.2. The molecule has 18 heavy (non-hydrogen) atoms. The fourth-order valence-electron chi connectivity index (χ4n) is 2.55. The minimum atomic E-state index is 0.918. The van der Waals surface area contributed by atoms with Crippen LogP contribution in [0.2, 0.25) is 0 Å². The van der Waals surface area contributed by atoms with E-state index in [0.717, 1.165) is 25.3 Å². The molecule has 3 rings (SSSR count). The topological polar surface area (TPSA) is 42.2 Å². The standard InChI is InChI=1S/C15H17N3/c1-11-7-17-6-5-12(11)8-18-9-13-3-2-4-15(16)14(13)10-18/h2-7H,8-10,16H2,1H3. The number of rotatable bonds is 2. The Hall–Kier alpha value is -1.87. The number of benzene rings is 1. The van der Waals surface area contributed by atoms with Crippen LogP contribution in [0.5, 0.6) is 0 Å². The predicted octanol–water partition coefficient (Wildman–Crippen LogP) is 2.49. The van der Waals surface area contributed by atoms with Crippen LogP contribution in [0.25, 0.3) is 0 Å². The van der Waals surface area contributed by atoms with Crippen LogP contribution in [0.1, 0.15) is 22.3 Å². The van der Waals surface area contributed by atoms with Gasteiger partial charge in [0.25, 0.3) is 0 Å². The van der Waals surface area contributed by atoms with Crippen molar-refractivity contribution in [3.05, 3.63) is 58.9 Å². The summed E-state index contributed by atoms with van der Waals surface area (Å²) in [6.45, 7) is 5.01. The van der Waals surface area contributed by atoms with Crippen molar-refractivity contribution in [2.75, 3.05) is 5.73 Å². The number of nitrogens with two attached hydrogens (primary N) is 1. The molecule has 0 aliphatic carbocycles. The molecule has 1 aromatic heterocycles. The van der Waals surface area contributed by atoms with Crippen LogP contribution in [-0.4, -0.2) is 9.88 Å². The Morgan fingerprint density at radius 3 is 2.94 bits per heavy atom. The molecule has 2 N–H and O–H groups in total. The molecular weight excluding hydrogens is 222 g/mol. The summed E-state index contributed by atoms with van der Waals surface area (Å²) < 4.78 is 0. The van der Waals surface area contributed by atoms with Gasteiger partial charge in [0.2, 0.25) is 0 Å². The Labute approximate surface area is 107 Å². The third-order valence-electron chi connectivity index (χ3n) is 3.62. The van der Waals surface area contributed by atoms with Crippen LogP contribution in [0.4, 0.5) is 5.69 Å². The van der Waals surface area contributed by atoms with E-state index in [1.165, 1.54) is 22.3 Å². The monoisotopic (exact) mass is 239 g/mol. The van der Waals surface area contributed by atoms with Crippen LogP contribution in [0.3, 0.4) is 0 Å². The van der Waals surface area contributed by atoms with E-state index >= 15 is 0 Å². The maximum atomic E-state index is 6.02. The third-order valence-corrected chi connectivity index (χ3v) is 3.62. The molecule has 0 fully saturated rings. The Morgan fingerprint density at radius 1 is 1.28 bits per heavy atom. The minimum Gasteiger partial charge on any atom is -0.398 e. The van der Waals surface area contributed by atoms with E-state index in [4.69, 9.17) is 5.73 Å². The third kappa shape index (κ3) is 1.97. The van der Waals surface area contributed by atoms with E-state index in [0.29, 0.717) is 0 Å². The van der Waals surface area contributed by atoms with E-state index in [9.17, 15) is 0 Å². The molecule has 0 spiro atoms. The predicted molar refractivity (Wildman–Crippen MR) is 72.8 cm³/mol. The summed E-state index contributed by atoms with van der Waals surface area (Å²) in [7, 11) is 0. The van der Waals surface area contributed by atoms with Crippen molar-refractivity contribution in [1.29, 1.82) is 0 Å². The summed E-state index contributed by atoms with van der Waals surface area (Å²) in [4.78, 5) is 6.55. The molecule has 3 nitrogen and oxygen atoms in total. The van der Waals surface area contributed by atoms with Crippen molar-refractivity contribution in [3.8, 4) is 0 Å². The minimum absolute atomic E-state index is 0.918. The molecule has 0 saturated carbocycles. The maximum Gasteiger partial charge on any atom is 0.0363 e. The largest absolute Gasteiger partial charge is 0.398 e. The van der Waals surface area contributed by atoms with Crippen LogP contribution in [-0.2, 0) is 19.6 Å². The van der Waals surface area contributed by atoms with Crippen LogP contribution in [0, 0.1) is 6.92 Å². The summed E-state index contributed by atoms with van der Waals surface area (Å²) >= 11 is 0. The summed E-state index contributed by atoms with van der Waals surface area (Å²) in [5, 5.41) is 0. The average Bonchev–Trinajstić information content (AvgIpc) is 2.76. The fourth-order valence-corrected chi connectivity index (χ4v) is 2.55. The second kappa shape index (κ2) is 4.42. The quantitative estimate of drug-likeness (QED) is 0.819. The molecule has 2 aromatic rings. The molecular formula is C15H17N3. The Kier molecular flexibility index (Phi) is 2.76. The molecule has 0 saturated heterocycles. The number of nitrogen functional groups attached to an aromatic ring is 1. The summed E-state index contributed by atoms with van der Waals surface area (Å²) in [5.74, 6) is 0. The van der Waals surface area contributed by atoms with Crippen LogP contribution >= 0.6 is 0 Å². The normalized spacial score (nSPS) is 14.7. The lowest BCUT2D eigenvalue weighted by molar-refractivity contribution is 0.275. The SMILES string of the molecule is Cc1cnccc1CN1Cc2cccc(N)c2C1. The molecule has 0 bridgehead atoms. The van der Waals surface area contributed by atoms with Gasteiger partial charge in [-0.2, -0.15) is 0 Å². The van der Waals surface area contributed by atoms with Gasteiger partial charge in [0, 0.05) is 37.7 Å². The van der Waals surface area contributed by atoms with Gasteiger partial charge in [-0.25, -0.2) is 0 Å². The molecule has 2 heterocycles. The molecule has 3 heteroatoms. The van der Waals surface area contributed by atoms with Gasteiger partial charge in [0.15, 0.2) is 0 Å². The van der Waals surface area contributed by atoms with Gasteiger partial charge in [-0.15, -0.1) is 0 Å². The summed E-state index contributed by atoms with van der Waals surface area (Å²) in [6.07, 6.45) is 3.78. The highest BCUT2D eigenvalue weighted by atomic mass is 15.1. The molecule has 1 aromatic carbocycles. The summed E-state index contributed by atoms with van der Waals surface area (Å²) in [6, 6.07) is 8.29. The zero-order valence-electron chi connectivity index (χ0n) is 10.6. The smallest absolute Gasteiger partial charge is 0.0363 e.